The summed E-state index contributed by atoms with van der Waals surface area (Å²) >= 11 is 0. The number of fused-ring (bicyclic) bond motifs is 1. The molecule has 0 aliphatic carbocycles. The highest BCUT2D eigenvalue weighted by molar-refractivity contribution is 7.90. The first-order valence-electron chi connectivity index (χ1n) is 6.25. The van der Waals surface area contributed by atoms with Crippen LogP contribution in [0.2, 0.25) is 0 Å². The van der Waals surface area contributed by atoms with Gasteiger partial charge in [0.2, 0.25) is 0 Å². The van der Waals surface area contributed by atoms with Crippen LogP contribution in [-0.4, -0.2) is 52.8 Å². The van der Waals surface area contributed by atoms with Crippen molar-refractivity contribution in [2.24, 2.45) is 7.05 Å². The Morgan fingerprint density at radius 3 is 2.76 bits per heavy atom. The number of nitrogens with one attached hydrogen (secondary N) is 1. The largest absolute Gasteiger partial charge is 0.478 e. The quantitative estimate of drug-likeness (QED) is 0.747. The molecule has 2 aromatic rings. The number of aromatic carboxylic acids is 1. The lowest BCUT2D eigenvalue weighted by Crippen LogP contribution is -2.12. The normalized spacial score (nSPS) is 11.7. The summed E-state index contributed by atoms with van der Waals surface area (Å²) in [6, 6.07) is 0. The molecule has 2 rings (SSSR count). The van der Waals surface area contributed by atoms with Crippen molar-refractivity contribution in [1.82, 2.24) is 14.8 Å². The van der Waals surface area contributed by atoms with Crippen LogP contribution in [0.5, 0.6) is 0 Å². The SMILES string of the molecule is Cn1ncc2c(NCCCS(C)(=O)=O)c(C(=O)O)cnc21. The number of aromatic nitrogens is 3. The second-order valence-corrected chi connectivity index (χ2v) is 7.03. The molecule has 0 unspecified atom stereocenters. The third-order valence-corrected chi connectivity index (χ3v) is 4.02. The number of carbonyl (C=O) groups is 1. The van der Waals surface area contributed by atoms with Gasteiger partial charge in [-0.1, -0.05) is 0 Å². The molecule has 21 heavy (non-hydrogen) atoms. The van der Waals surface area contributed by atoms with E-state index >= 15 is 0 Å². The Morgan fingerprint density at radius 1 is 1.43 bits per heavy atom. The molecular weight excluding hydrogens is 296 g/mol. The van der Waals surface area contributed by atoms with E-state index in [4.69, 9.17) is 0 Å². The monoisotopic (exact) mass is 312 g/mol. The van der Waals surface area contributed by atoms with E-state index in [0.717, 1.165) is 0 Å². The molecule has 0 fully saturated rings. The van der Waals surface area contributed by atoms with Crippen LogP contribution in [0.4, 0.5) is 5.69 Å². The summed E-state index contributed by atoms with van der Waals surface area (Å²) in [6.45, 7) is 0.349. The summed E-state index contributed by atoms with van der Waals surface area (Å²) in [5.41, 5.74) is 1.01. The van der Waals surface area contributed by atoms with Crippen molar-refractivity contribution < 1.29 is 18.3 Å². The van der Waals surface area contributed by atoms with Crippen LogP contribution in [0.1, 0.15) is 16.8 Å². The third kappa shape index (κ3) is 3.48. The van der Waals surface area contributed by atoms with Crippen LogP contribution in [-0.2, 0) is 16.9 Å². The number of rotatable bonds is 6. The fourth-order valence-electron chi connectivity index (χ4n) is 2.00. The van der Waals surface area contributed by atoms with Crippen LogP contribution < -0.4 is 5.32 Å². The lowest BCUT2D eigenvalue weighted by molar-refractivity contribution is 0.0697. The van der Waals surface area contributed by atoms with Gasteiger partial charge in [0.15, 0.2) is 5.65 Å². The van der Waals surface area contributed by atoms with E-state index in [1.54, 1.807) is 11.7 Å². The number of carboxylic acid groups (broad SMARTS) is 1. The number of hydrogen-bond donors (Lipinski definition) is 2. The fourth-order valence-corrected chi connectivity index (χ4v) is 2.66. The van der Waals surface area contributed by atoms with E-state index < -0.39 is 15.8 Å². The molecule has 0 saturated heterocycles. The first-order valence-corrected chi connectivity index (χ1v) is 8.31. The zero-order chi connectivity index (χ0) is 15.6. The van der Waals surface area contributed by atoms with Crippen LogP contribution in [0.25, 0.3) is 11.0 Å². The Bertz CT molecular complexity index is 782. The Balaban J connectivity index is 2.27. The number of sulfone groups is 1. The molecule has 114 valence electrons. The van der Waals surface area contributed by atoms with Gasteiger partial charge in [-0.2, -0.15) is 5.10 Å². The van der Waals surface area contributed by atoms with Gasteiger partial charge in [-0.05, 0) is 6.42 Å². The van der Waals surface area contributed by atoms with Gasteiger partial charge in [0, 0.05) is 26.0 Å². The van der Waals surface area contributed by atoms with Gasteiger partial charge in [0.05, 0.1) is 23.0 Å². The van der Waals surface area contributed by atoms with Crippen molar-refractivity contribution >= 4 is 32.5 Å². The van der Waals surface area contributed by atoms with E-state index in [1.165, 1.54) is 18.6 Å². The molecule has 8 nitrogen and oxygen atoms in total. The minimum absolute atomic E-state index is 0.0369. The fraction of sp³-hybridized carbons (Fsp3) is 0.417. The molecule has 0 spiro atoms. The maximum atomic E-state index is 11.3. The van der Waals surface area contributed by atoms with Gasteiger partial charge >= 0.3 is 5.97 Å². The molecule has 0 saturated carbocycles. The lowest BCUT2D eigenvalue weighted by atomic mass is 10.2. The van der Waals surface area contributed by atoms with Gasteiger partial charge < -0.3 is 10.4 Å². The zero-order valence-electron chi connectivity index (χ0n) is 11.7. The minimum Gasteiger partial charge on any atom is -0.478 e. The number of hydrogen-bond acceptors (Lipinski definition) is 6. The molecule has 2 aromatic heterocycles. The summed E-state index contributed by atoms with van der Waals surface area (Å²) in [5, 5.41) is 16.8. The van der Waals surface area contributed by atoms with Crippen LogP contribution in [0.3, 0.4) is 0 Å². The molecule has 0 aromatic carbocycles. The second kappa shape index (κ2) is 5.68. The molecular formula is C12H16N4O4S. The number of pyridine rings is 1. The Morgan fingerprint density at radius 2 is 2.14 bits per heavy atom. The number of nitrogens with zero attached hydrogens (tertiary/aromatic N) is 3. The average molecular weight is 312 g/mol. The summed E-state index contributed by atoms with van der Waals surface area (Å²) in [7, 11) is -1.32. The van der Waals surface area contributed by atoms with E-state index in [-0.39, 0.29) is 11.3 Å². The van der Waals surface area contributed by atoms with Crippen molar-refractivity contribution in [2.45, 2.75) is 6.42 Å². The van der Waals surface area contributed by atoms with Crippen LogP contribution >= 0.6 is 0 Å². The van der Waals surface area contributed by atoms with E-state index in [0.29, 0.717) is 29.7 Å². The van der Waals surface area contributed by atoms with Crippen LogP contribution in [0.15, 0.2) is 12.4 Å². The molecule has 2 N–H and O–H groups in total. The molecule has 0 aliphatic rings. The maximum absolute atomic E-state index is 11.3. The molecule has 0 radical (unpaired) electrons. The van der Waals surface area contributed by atoms with Crippen LogP contribution in [0, 0.1) is 0 Å². The Kier molecular flexibility index (Phi) is 4.12. The van der Waals surface area contributed by atoms with E-state index in [9.17, 15) is 18.3 Å². The Hall–Kier alpha value is -2.16. The Labute approximate surface area is 121 Å². The second-order valence-electron chi connectivity index (χ2n) is 4.77. The molecule has 0 aliphatic heterocycles. The predicted octanol–water partition coefficient (Wildman–Crippen LogP) is 0.513. The number of carboxylic acids is 1. The van der Waals surface area contributed by atoms with Crippen molar-refractivity contribution in [3.05, 3.63) is 18.0 Å². The maximum Gasteiger partial charge on any atom is 0.339 e. The lowest BCUT2D eigenvalue weighted by Gasteiger charge is -2.10. The molecule has 2 heterocycles. The molecule has 0 bridgehead atoms. The summed E-state index contributed by atoms with van der Waals surface area (Å²) in [5.74, 6) is -1.05. The first-order chi connectivity index (χ1) is 9.79. The molecule has 0 atom stereocenters. The van der Waals surface area contributed by atoms with Crippen molar-refractivity contribution in [3.8, 4) is 0 Å². The van der Waals surface area contributed by atoms with Gasteiger partial charge in [-0.3, -0.25) is 4.68 Å². The van der Waals surface area contributed by atoms with Gasteiger partial charge in [0.25, 0.3) is 0 Å². The van der Waals surface area contributed by atoms with Gasteiger partial charge in [-0.15, -0.1) is 0 Å². The standard InChI is InChI=1S/C12H16N4O4S/c1-16-11-8(7-15-16)10(9(6-14-11)12(17)18)13-4-3-5-21(2,19)20/h6-7H,3-5H2,1-2H3,(H,13,14)(H,17,18). The minimum atomic E-state index is -3.03. The highest BCUT2D eigenvalue weighted by atomic mass is 32.2. The highest BCUT2D eigenvalue weighted by Crippen LogP contribution is 2.25. The van der Waals surface area contributed by atoms with Crippen molar-refractivity contribution in [3.63, 3.8) is 0 Å². The van der Waals surface area contributed by atoms with E-state index in [2.05, 4.69) is 15.4 Å². The third-order valence-electron chi connectivity index (χ3n) is 2.99. The highest BCUT2D eigenvalue weighted by Gasteiger charge is 2.16. The first kappa shape index (κ1) is 15.2. The van der Waals surface area contributed by atoms with Gasteiger partial charge in [0.1, 0.15) is 15.4 Å². The topological polar surface area (TPSA) is 114 Å². The average Bonchev–Trinajstić information content (AvgIpc) is 2.75. The van der Waals surface area contributed by atoms with Gasteiger partial charge in [-0.25, -0.2) is 18.2 Å². The summed E-state index contributed by atoms with van der Waals surface area (Å²) in [4.78, 5) is 15.3. The number of anilines is 1. The van der Waals surface area contributed by atoms with Crippen molar-refractivity contribution in [2.75, 3.05) is 23.9 Å². The number of aryl methyl sites for hydroxylation is 1. The smallest absolute Gasteiger partial charge is 0.339 e. The zero-order valence-corrected chi connectivity index (χ0v) is 12.5. The predicted molar refractivity (Wildman–Crippen MR) is 78.3 cm³/mol. The molecule has 0 amide bonds. The van der Waals surface area contributed by atoms with Crippen molar-refractivity contribution in [1.29, 1.82) is 0 Å². The molecule has 9 heteroatoms. The summed E-state index contributed by atoms with van der Waals surface area (Å²) in [6.07, 6.45) is 4.36. The summed E-state index contributed by atoms with van der Waals surface area (Å²) < 4.78 is 23.7. The van der Waals surface area contributed by atoms with E-state index in [1.807, 2.05) is 0 Å².